The summed E-state index contributed by atoms with van der Waals surface area (Å²) in [6.07, 6.45) is 0.296. The molecule has 3 aromatic rings. The second-order valence-corrected chi connectivity index (χ2v) is 7.96. The minimum Gasteiger partial charge on any atom is -0.490 e. The van der Waals surface area contributed by atoms with Crippen molar-refractivity contribution in [3.8, 4) is 11.5 Å². The van der Waals surface area contributed by atoms with Gasteiger partial charge in [0.15, 0.2) is 17.5 Å². The van der Waals surface area contributed by atoms with Gasteiger partial charge in [-0.3, -0.25) is 4.99 Å². The van der Waals surface area contributed by atoms with Gasteiger partial charge in [0, 0.05) is 36.1 Å². The Morgan fingerprint density at radius 1 is 1.10 bits per heavy atom. The first kappa shape index (κ1) is 19.5. The number of ether oxygens (including phenoxy) is 2. The van der Waals surface area contributed by atoms with E-state index in [0.29, 0.717) is 32.3 Å². The van der Waals surface area contributed by atoms with Gasteiger partial charge in [-0.15, -0.1) is 11.3 Å². The summed E-state index contributed by atoms with van der Waals surface area (Å²) < 4.78 is 12.6. The molecule has 0 bridgehead atoms. The van der Waals surface area contributed by atoms with Crippen LogP contribution in [-0.4, -0.2) is 37.9 Å². The molecule has 1 atom stereocenters. The molecule has 7 heteroatoms. The van der Waals surface area contributed by atoms with Crippen molar-refractivity contribution in [3.05, 3.63) is 59.0 Å². The van der Waals surface area contributed by atoms with Crippen LogP contribution in [0.5, 0.6) is 11.5 Å². The number of guanidine groups is 1. The highest BCUT2D eigenvalue weighted by atomic mass is 32.1. The number of nitrogens with one attached hydrogen (secondary N) is 2. The highest BCUT2D eigenvalue weighted by Crippen LogP contribution is 2.31. The molecule has 0 fully saturated rings. The Bertz CT molecular complexity index is 969. The van der Waals surface area contributed by atoms with Gasteiger partial charge >= 0.3 is 0 Å². The Morgan fingerprint density at radius 2 is 1.93 bits per heavy atom. The molecule has 1 aliphatic rings. The molecule has 0 saturated heterocycles. The third kappa shape index (κ3) is 4.81. The van der Waals surface area contributed by atoms with Crippen molar-refractivity contribution >= 4 is 27.4 Å². The fourth-order valence-electron chi connectivity index (χ4n) is 3.18. The van der Waals surface area contributed by atoms with Crippen molar-refractivity contribution in [2.24, 2.45) is 4.99 Å². The number of aliphatic hydroxyl groups is 1. The zero-order valence-corrected chi connectivity index (χ0v) is 17.2. The summed E-state index contributed by atoms with van der Waals surface area (Å²) in [6, 6.07) is 16.1. The normalized spacial score (nSPS) is 15.0. The SMILES string of the molecule is CN=C(NCc1ccc2c(c1)OCCCO2)NCC(O)c1cc2ccccc2s1. The van der Waals surface area contributed by atoms with E-state index in [2.05, 4.69) is 27.8 Å². The van der Waals surface area contributed by atoms with Crippen LogP contribution >= 0.6 is 11.3 Å². The summed E-state index contributed by atoms with van der Waals surface area (Å²) in [6.45, 7) is 2.33. The van der Waals surface area contributed by atoms with Crippen molar-refractivity contribution in [1.29, 1.82) is 0 Å². The van der Waals surface area contributed by atoms with Gasteiger partial charge in [-0.05, 0) is 35.2 Å². The molecule has 2 aromatic carbocycles. The molecule has 152 valence electrons. The topological polar surface area (TPSA) is 75.1 Å². The monoisotopic (exact) mass is 411 g/mol. The maximum atomic E-state index is 10.5. The molecule has 2 heterocycles. The van der Waals surface area contributed by atoms with Crippen molar-refractivity contribution < 1.29 is 14.6 Å². The van der Waals surface area contributed by atoms with Gasteiger partial charge in [-0.1, -0.05) is 24.3 Å². The predicted octanol–water partition coefficient (Wildman–Crippen LogP) is 3.46. The number of hydrogen-bond donors (Lipinski definition) is 3. The van der Waals surface area contributed by atoms with Crippen molar-refractivity contribution in [2.45, 2.75) is 19.1 Å². The standard InChI is InChI=1S/C22H25N3O3S/c1-23-22(24-13-15-7-8-18-19(11-15)28-10-4-9-27-18)25-14-17(26)21-12-16-5-2-3-6-20(16)29-21/h2-3,5-8,11-12,17,26H,4,9-10,13-14H2,1H3,(H2,23,24,25). The predicted molar refractivity (Wildman–Crippen MR) is 117 cm³/mol. The van der Waals surface area contributed by atoms with E-state index in [9.17, 15) is 5.11 Å². The molecule has 0 radical (unpaired) electrons. The molecule has 4 rings (SSSR count). The zero-order chi connectivity index (χ0) is 20.1. The summed E-state index contributed by atoms with van der Waals surface area (Å²) in [5.41, 5.74) is 1.07. The highest BCUT2D eigenvalue weighted by Gasteiger charge is 2.13. The largest absolute Gasteiger partial charge is 0.490 e. The van der Waals surface area contributed by atoms with E-state index in [-0.39, 0.29) is 0 Å². The van der Waals surface area contributed by atoms with Gasteiger partial charge in [-0.25, -0.2) is 0 Å². The molecule has 29 heavy (non-hydrogen) atoms. The maximum absolute atomic E-state index is 10.5. The number of hydrogen-bond acceptors (Lipinski definition) is 5. The van der Waals surface area contributed by atoms with Crippen LogP contribution in [0.1, 0.15) is 23.0 Å². The van der Waals surface area contributed by atoms with E-state index in [0.717, 1.165) is 33.7 Å². The lowest BCUT2D eigenvalue weighted by Gasteiger charge is -2.15. The first-order valence-electron chi connectivity index (χ1n) is 9.72. The molecule has 0 amide bonds. The molecule has 1 aromatic heterocycles. The second kappa shape index (κ2) is 9.15. The van der Waals surface area contributed by atoms with Crippen LogP contribution in [0.15, 0.2) is 53.5 Å². The molecular weight excluding hydrogens is 386 g/mol. The van der Waals surface area contributed by atoms with Gasteiger partial charge in [0.05, 0.1) is 13.2 Å². The molecule has 0 saturated carbocycles. The number of aliphatic hydroxyl groups excluding tert-OH is 1. The van der Waals surface area contributed by atoms with E-state index in [1.807, 2.05) is 36.4 Å². The van der Waals surface area contributed by atoms with Crippen LogP contribution < -0.4 is 20.1 Å². The Balaban J connectivity index is 1.32. The summed E-state index contributed by atoms with van der Waals surface area (Å²) in [5, 5.41) is 18.2. The number of nitrogens with zero attached hydrogens (tertiary/aromatic N) is 1. The minimum absolute atomic E-state index is 0.383. The van der Waals surface area contributed by atoms with E-state index in [1.54, 1.807) is 18.4 Å². The Morgan fingerprint density at radius 3 is 2.76 bits per heavy atom. The fourth-order valence-corrected chi connectivity index (χ4v) is 4.24. The van der Waals surface area contributed by atoms with Crippen LogP contribution in [0.3, 0.4) is 0 Å². The average molecular weight is 412 g/mol. The number of thiophene rings is 1. The lowest BCUT2D eigenvalue weighted by Crippen LogP contribution is -2.38. The third-order valence-corrected chi connectivity index (χ3v) is 5.95. The molecule has 6 nitrogen and oxygen atoms in total. The van der Waals surface area contributed by atoms with Gasteiger partial charge in [0.2, 0.25) is 0 Å². The van der Waals surface area contributed by atoms with Gasteiger partial charge < -0.3 is 25.2 Å². The van der Waals surface area contributed by atoms with Crippen LogP contribution in [0.25, 0.3) is 10.1 Å². The number of fused-ring (bicyclic) bond motifs is 2. The summed E-state index contributed by atoms with van der Waals surface area (Å²) in [4.78, 5) is 5.19. The van der Waals surface area contributed by atoms with Gasteiger partial charge in [0.25, 0.3) is 0 Å². The van der Waals surface area contributed by atoms with E-state index in [4.69, 9.17) is 9.47 Å². The van der Waals surface area contributed by atoms with Crippen molar-refractivity contribution in [3.63, 3.8) is 0 Å². The summed E-state index contributed by atoms with van der Waals surface area (Å²) in [7, 11) is 1.72. The van der Waals surface area contributed by atoms with Crippen LogP contribution in [0.2, 0.25) is 0 Å². The Kier molecular flexibility index (Phi) is 6.17. The van der Waals surface area contributed by atoms with Crippen molar-refractivity contribution in [1.82, 2.24) is 10.6 Å². The maximum Gasteiger partial charge on any atom is 0.191 e. The zero-order valence-electron chi connectivity index (χ0n) is 16.4. The number of benzene rings is 2. The molecule has 0 aliphatic carbocycles. The summed E-state index contributed by atoms with van der Waals surface area (Å²) in [5.74, 6) is 2.21. The highest BCUT2D eigenvalue weighted by molar-refractivity contribution is 7.19. The third-order valence-electron chi connectivity index (χ3n) is 4.73. The van der Waals surface area contributed by atoms with E-state index in [1.165, 1.54) is 4.70 Å². The minimum atomic E-state index is -0.594. The Hall–Kier alpha value is -2.77. The molecular formula is C22H25N3O3S. The van der Waals surface area contributed by atoms with Gasteiger partial charge in [0.1, 0.15) is 6.10 Å². The lowest BCUT2D eigenvalue weighted by atomic mass is 10.2. The molecule has 3 N–H and O–H groups in total. The van der Waals surface area contributed by atoms with E-state index < -0.39 is 6.10 Å². The molecule has 1 unspecified atom stereocenters. The summed E-state index contributed by atoms with van der Waals surface area (Å²) >= 11 is 1.61. The lowest BCUT2D eigenvalue weighted by molar-refractivity contribution is 0.184. The smallest absolute Gasteiger partial charge is 0.191 e. The van der Waals surface area contributed by atoms with Gasteiger partial charge in [-0.2, -0.15) is 0 Å². The molecule has 0 spiro atoms. The van der Waals surface area contributed by atoms with Crippen LogP contribution in [0.4, 0.5) is 0 Å². The first-order valence-corrected chi connectivity index (χ1v) is 10.5. The average Bonchev–Trinajstić information content (AvgIpc) is 3.05. The second-order valence-electron chi connectivity index (χ2n) is 6.84. The van der Waals surface area contributed by atoms with E-state index >= 15 is 0 Å². The quantitative estimate of drug-likeness (QED) is 0.443. The van der Waals surface area contributed by atoms with Crippen LogP contribution in [-0.2, 0) is 6.54 Å². The number of rotatable bonds is 5. The first-order chi connectivity index (χ1) is 14.2. The van der Waals surface area contributed by atoms with Crippen molar-refractivity contribution in [2.75, 3.05) is 26.8 Å². The van der Waals surface area contributed by atoms with Crippen LogP contribution in [0, 0.1) is 0 Å². The fraction of sp³-hybridized carbons (Fsp3) is 0.318. The Labute approximate surface area is 174 Å². The molecule has 1 aliphatic heterocycles. The number of aliphatic imine (C=N–C) groups is 1.